The first-order valence-corrected chi connectivity index (χ1v) is 17.0. The van der Waals surface area contributed by atoms with Crippen LogP contribution in [-0.4, -0.2) is 51.4 Å². The molecule has 3 aromatic carbocycles. The molecule has 0 saturated heterocycles. The third kappa shape index (κ3) is 10.7. The van der Waals surface area contributed by atoms with Crippen LogP contribution in [0, 0.1) is 5.82 Å². The molecule has 2 amide bonds. The summed E-state index contributed by atoms with van der Waals surface area (Å²) < 4.78 is 68.0. The van der Waals surface area contributed by atoms with E-state index in [0.29, 0.717) is 28.3 Å². The van der Waals surface area contributed by atoms with Crippen molar-refractivity contribution in [2.24, 2.45) is 0 Å². The highest BCUT2D eigenvalue weighted by molar-refractivity contribution is 7.91. The van der Waals surface area contributed by atoms with E-state index in [-0.39, 0.29) is 37.6 Å². The Morgan fingerprint density at radius 3 is 2.22 bits per heavy atom. The van der Waals surface area contributed by atoms with Gasteiger partial charge in [-0.3, -0.25) is 4.79 Å². The minimum atomic E-state index is -5.01. The van der Waals surface area contributed by atoms with Gasteiger partial charge in [-0.25, -0.2) is 23.0 Å². The molecule has 262 valence electrons. The van der Waals surface area contributed by atoms with E-state index in [0.717, 1.165) is 5.56 Å². The van der Waals surface area contributed by atoms with E-state index in [9.17, 15) is 22.8 Å². The minimum absolute atomic E-state index is 0.0251. The van der Waals surface area contributed by atoms with Crippen molar-refractivity contribution in [3.8, 4) is 5.75 Å². The smallest absolute Gasteiger partial charge is 0.422 e. The number of anilines is 1. The number of carbonyl (C=O) groups is 3. The largest absolute Gasteiger partial charge is 0.487 e. The molecule has 0 radical (unpaired) electrons. The van der Waals surface area contributed by atoms with E-state index in [1.54, 1.807) is 49.8 Å². The minimum Gasteiger partial charge on any atom is -0.487 e. The van der Waals surface area contributed by atoms with Gasteiger partial charge in [-0.15, -0.1) is 0 Å². The SMILES string of the molecule is C=CCOC(=O)NS(=O)(=O)N(CC(=O)OC(C)(C)C)c1c(OCc2ccccc2)cc2c(c1F)C[C@H](NC(=O)OCc1ccccc1)CC2. The Labute approximate surface area is 285 Å². The van der Waals surface area contributed by atoms with Gasteiger partial charge in [-0.1, -0.05) is 73.3 Å². The summed E-state index contributed by atoms with van der Waals surface area (Å²) in [6, 6.07) is 19.0. The standard InChI is InChI=1S/C35H40FN3O9S/c1-5-18-45-34(42)38-49(43,44)39(21-30(40)48-35(2,3)4)32-29(46-22-24-12-8-6-9-13-24)19-26-16-17-27(20-28(26)31(32)36)37-33(41)47-23-25-14-10-7-11-15-25/h5-15,19,27H,1,16-18,20-23H2,2-4H3,(H,37,41)(H,38,42)/t27-/m1/s1. The maximum Gasteiger partial charge on any atom is 0.422 e. The fourth-order valence-electron chi connectivity index (χ4n) is 5.06. The maximum atomic E-state index is 16.9. The quantitative estimate of drug-likeness (QED) is 0.134. The van der Waals surface area contributed by atoms with Crippen molar-refractivity contribution in [3.63, 3.8) is 0 Å². The van der Waals surface area contributed by atoms with Crippen LogP contribution in [0.4, 0.5) is 19.7 Å². The lowest BCUT2D eigenvalue weighted by atomic mass is 9.87. The van der Waals surface area contributed by atoms with Gasteiger partial charge < -0.3 is 24.3 Å². The van der Waals surface area contributed by atoms with Crippen LogP contribution in [0.3, 0.4) is 0 Å². The molecule has 1 aliphatic rings. The van der Waals surface area contributed by atoms with Crippen LogP contribution in [0.1, 0.15) is 49.4 Å². The number of rotatable bonds is 13. The lowest BCUT2D eigenvalue weighted by Crippen LogP contribution is -2.48. The molecular weight excluding hydrogens is 657 g/mol. The van der Waals surface area contributed by atoms with Crippen LogP contribution >= 0.6 is 0 Å². The molecule has 0 unspecified atom stereocenters. The zero-order valence-electron chi connectivity index (χ0n) is 27.6. The number of amides is 2. The van der Waals surface area contributed by atoms with Crippen LogP contribution < -0.4 is 19.1 Å². The number of nitrogens with zero attached hydrogens (tertiary/aromatic N) is 1. The number of fused-ring (bicyclic) bond motifs is 1. The lowest BCUT2D eigenvalue weighted by Gasteiger charge is -2.31. The van der Waals surface area contributed by atoms with Crippen LogP contribution in [0.5, 0.6) is 5.75 Å². The van der Waals surface area contributed by atoms with Gasteiger partial charge in [-0.05, 0) is 68.4 Å². The van der Waals surface area contributed by atoms with Gasteiger partial charge in [0.15, 0.2) is 5.82 Å². The Balaban J connectivity index is 1.71. The number of aryl methyl sites for hydroxylation is 1. The highest BCUT2D eigenvalue weighted by Crippen LogP contribution is 2.40. The van der Waals surface area contributed by atoms with Crippen molar-refractivity contribution < 1.29 is 46.1 Å². The average molecular weight is 698 g/mol. The monoisotopic (exact) mass is 697 g/mol. The summed E-state index contributed by atoms with van der Waals surface area (Å²) in [5.74, 6) is -2.23. The molecule has 0 aliphatic heterocycles. The van der Waals surface area contributed by atoms with E-state index >= 15 is 4.39 Å². The number of benzene rings is 3. The Bertz CT molecular complexity index is 1750. The Hall–Kier alpha value is -5.11. The van der Waals surface area contributed by atoms with Crippen molar-refractivity contribution in [2.75, 3.05) is 17.5 Å². The van der Waals surface area contributed by atoms with Gasteiger partial charge >= 0.3 is 28.4 Å². The van der Waals surface area contributed by atoms with Crippen molar-refractivity contribution >= 4 is 34.1 Å². The van der Waals surface area contributed by atoms with E-state index < -0.39 is 58.1 Å². The van der Waals surface area contributed by atoms with E-state index in [2.05, 4.69) is 11.9 Å². The zero-order valence-corrected chi connectivity index (χ0v) is 28.4. The Morgan fingerprint density at radius 1 is 0.980 bits per heavy atom. The summed E-state index contributed by atoms with van der Waals surface area (Å²) in [5.41, 5.74) is 0.471. The number of alkyl carbamates (subject to hydrolysis) is 1. The summed E-state index contributed by atoms with van der Waals surface area (Å²) in [7, 11) is -5.01. The van der Waals surface area contributed by atoms with Crippen LogP contribution in [0.15, 0.2) is 79.4 Å². The first-order valence-electron chi connectivity index (χ1n) is 15.5. The highest BCUT2D eigenvalue weighted by Gasteiger charge is 2.37. The summed E-state index contributed by atoms with van der Waals surface area (Å²) in [6.07, 6.45) is -0.132. The van der Waals surface area contributed by atoms with Crippen LogP contribution in [0.2, 0.25) is 0 Å². The third-order valence-corrected chi connectivity index (χ3v) is 8.48. The van der Waals surface area contributed by atoms with Crippen molar-refractivity contribution in [2.45, 2.75) is 64.9 Å². The summed E-state index contributed by atoms with van der Waals surface area (Å²) in [6.45, 7) is 6.80. The Morgan fingerprint density at radius 2 is 1.61 bits per heavy atom. The van der Waals surface area contributed by atoms with Gasteiger partial charge in [0.2, 0.25) is 0 Å². The molecule has 0 fully saturated rings. The molecule has 0 spiro atoms. The molecule has 3 aromatic rings. The molecular formula is C35H40FN3O9S. The predicted octanol–water partition coefficient (Wildman–Crippen LogP) is 5.49. The van der Waals surface area contributed by atoms with Crippen LogP contribution in [-0.2, 0) is 55.3 Å². The molecule has 1 aliphatic carbocycles. The molecule has 0 bridgehead atoms. The predicted molar refractivity (Wildman–Crippen MR) is 180 cm³/mol. The Kier molecular flexibility index (Phi) is 12.2. The molecule has 49 heavy (non-hydrogen) atoms. The number of ether oxygens (including phenoxy) is 4. The number of nitrogens with one attached hydrogen (secondary N) is 2. The molecule has 0 heterocycles. The number of hydrogen-bond donors (Lipinski definition) is 2. The molecule has 1 atom stereocenters. The van der Waals surface area contributed by atoms with Gasteiger partial charge in [-0.2, -0.15) is 8.42 Å². The highest BCUT2D eigenvalue weighted by atomic mass is 32.2. The summed E-state index contributed by atoms with van der Waals surface area (Å²) in [5, 5.41) is 2.75. The van der Waals surface area contributed by atoms with E-state index in [1.807, 2.05) is 36.4 Å². The van der Waals surface area contributed by atoms with Gasteiger partial charge in [0, 0.05) is 6.04 Å². The molecule has 4 rings (SSSR count). The molecule has 12 nitrogen and oxygen atoms in total. The first-order chi connectivity index (χ1) is 23.3. The maximum absolute atomic E-state index is 16.9. The molecule has 0 aromatic heterocycles. The van der Waals surface area contributed by atoms with Gasteiger partial charge in [0.1, 0.15) is 43.4 Å². The van der Waals surface area contributed by atoms with E-state index in [4.69, 9.17) is 18.9 Å². The average Bonchev–Trinajstić information content (AvgIpc) is 3.05. The second-order valence-electron chi connectivity index (χ2n) is 12.2. The van der Waals surface area contributed by atoms with Crippen molar-refractivity contribution in [1.82, 2.24) is 10.0 Å². The second-order valence-corrected chi connectivity index (χ2v) is 13.8. The second kappa shape index (κ2) is 16.3. The molecule has 2 N–H and O–H groups in total. The number of esters is 1. The molecule has 14 heteroatoms. The summed E-state index contributed by atoms with van der Waals surface area (Å²) >= 11 is 0. The summed E-state index contributed by atoms with van der Waals surface area (Å²) in [4.78, 5) is 38.1. The fraction of sp³-hybridized carbons (Fsp3) is 0.343. The van der Waals surface area contributed by atoms with Crippen molar-refractivity contribution in [1.29, 1.82) is 0 Å². The van der Waals surface area contributed by atoms with E-state index in [1.165, 1.54) is 12.1 Å². The lowest BCUT2D eigenvalue weighted by molar-refractivity contribution is -0.152. The molecule has 0 saturated carbocycles. The first kappa shape index (κ1) is 36.7. The zero-order chi connectivity index (χ0) is 35.6. The third-order valence-electron chi connectivity index (χ3n) is 7.16. The fourth-order valence-corrected chi connectivity index (χ4v) is 6.13. The number of carbonyl (C=O) groups excluding carboxylic acids is 3. The van der Waals surface area contributed by atoms with Gasteiger partial charge in [0.05, 0.1) is 0 Å². The number of hydrogen-bond acceptors (Lipinski definition) is 9. The van der Waals surface area contributed by atoms with Gasteiger partial charge in [0.25, 0.3) is 0 Å². The van der Waals surface area contributed by atoms with Crippen molar-refractivity contribution in [3.05, 3.63) is 107 Å². The topological polar surface area (TPSA) is 150 Å². The number of halogens is 1. The normalized spacial score (nSPS) is 14.1. The van der Waals surface area contributed by atoms with Crippen LogP contribution in [0.25, 0.3) is 0 Å².